The molecular formula is C17H18N2O2. The number of hydrogen-bond donors (Lipinski definition) is 0. The number of aryl methyl sites for hydroxylation is 1. The molecule has 0 saturated heterocycles. The Morgan fingerprint density at radius 3 is 2.71 bits per heavy atom. The normalized spacial score (nSPS) is 25.0. The standard InChI is InChI=1S/C17H18N2O2/c20-15-10-4-9-14(15)17-18-16(19-21-17)13-8-3-6-11-5-1-2-7-12(11)13/h1-2,5,7,13-14H,3-4,6,8-10H2. The molecule has 0 aliphatic heterocycles. The highest BCUT2D eigenvalue weighted by Crippen LogP contribution is 2.36. The number of fused-ring (bicyclic) bond motifs is 1. The van der Waals surface area contributed by atoms with Crippen LogP contribution in [0.2, 0.25) is 0 Å². The van der Waals surface area contributed by atoms with Crippen molar-refractivity contribution in [3.8, 4) is 0 Å². The largest absolute Gasteiger partial charge is 0.339 e. The van der Waals surface area contributed by atoms with E-state index in [9.17, 15) is 4.79 Å². The Labute approximate surface area is 123 Å². The quantitative estimate of drug-likeness (QED) is 0.847. The average Bonchev–Trinajstić information content (AvgIpc) is 3.15. The first kappa shape index (κ1) is 12.7. The topological polar surface area (TPSA) is 56.0 Å². The zero-order valence-corrected chi connectivity index (χ0v) is 11.9. The molecule has 1 saturated carbocycles. The smallest absolute Gasteiger partial charge is 0.237 e. The maximum atomic E-state index is 11.8. The fourth-order valence-corrected chi connectivity index (χ4v) is 3.63. The van der Waals surface area contributed by atoms with Crippen LogP contribution in [-0.2, 0) is 11.2 Å². The summed E-state index contributed by atoms with van der Waals surface area (Å²) in [5.74, 6) is 1.57. The lowest BCUT2D eigenvalue weighted by molar-refractivity contribution is -0.119. The lowest BCUT2D eigenvalue weighted by Gasteiger charge is -2.22. The number of nitrogens with zero attached hydrogens (tertiary/aromatic N) is 2. The van der Waals surface area contributed by atoms with Gasteiger partial charge in [-0.2, -0.15) is 4.98 Å². The Balaban J connectivity index is 1.66. The van der Waals surface area contributed by atoms with Crippen LogP contribution in [0.3, 0.4) is 0 Å². The van der Waals surface area contributed by atoms with Crippen LogP contribution in [0.4, 0.5) is 0 Å². The number of Topliss-reactive ketones (excluding diaryl/α,β-unsaturated/α-hetero) is 1. The van der Waals surface area contributed by atoms with Crippen LogP contribution >= 0.6 is 0 Å². The van der Waals surface area contributed by atoms with Crippen LogP contribution in [0, 0.1) is 0 Å². The van der Waals surface area contributed by atoms with Crippen molar-refractivity contribution in [2.24, 2.45) is 0 Å². The van der Waals surface area contributed by atoms with E-state index in [0.29, 0.717) is 12.3 Å². The van der Waals surface area contributed by atoms with Gasteiger partial charge in [-0.1, -0.05) is 29.4 Å². The van der Waals surface area contributed by atoms with Gasteiger partial charge in [-0.15, -0.1) is 0 Å². The highest BCUT2D eigenvalue weighted by Gasteiger charge is 2.33. The molecule has 2 aliphatic carbocycles. The van der Waals surface area contributed by atoms with E-state index in [1.54, 1.807) is 0 Å². The second-order valence-electron chi connectivity index (χ2n) is 6.05. The summed E-state index contributed by atoms with van der Waals surface area (Å²) in [7, 11) is 0. The third kappa shape index (κ3) is 2.19. The van der Waals surface area contributed by atoms with Gasteiger partial charge in [0, 0.05) is 12.3 Å². The van der Waals surface area contributed by atoms with Gasteiger partial charge in [-0.05, 0) is 43.2 Å². The molecule has 2 aromatic rings. The van der Waals surface area contributed by atoms with Crippen LogP contribution in [0.1, 0.15) is 66.8 Å². The molecule has 1 heterocycles. The van der Waals surface area contributed by atoms with E-state index in [4.69, 9.17) is 4.52 Å². The van der Waals surface area contributed by atoms with Crippen molar-refractivity contribution in [3.05, 3.63) is 47.1 Å². The highest BCUT2D eigenvalue weighted by atomic mass is 16.5. The predicted molar refractivity (Wildman–Crippen MR) is 77.1 cm³/mol. The molecular weight excluding hydrogens is 264 g/mol. The van der Waals surface area contributed by atoms with Crippen molar-refractivity contribution in [2.45, 2.75) is 50.4 Å². The van der Waals surface area contributed by atoms with Gasteiger partial charge in [0.1, 0.15) is 5.78 Å². The molecule has 108 valence electrons. The molecule has 21 heavy (non-hydrogen) atoms. The molecule has 0 N–H and O–H groups in total. The van der Waals surface area contributed by atoms with Gasteiger partial charge < -0.3 is 4.52 Å². The molecule has 4 nitrogen and oxygen atoms in total. The molecule has 0 amide bonds. The summed E-state index contributed by atoms with van der Waals surface area (Å²) in [5.41, 5.74) is 2.70. The highest BCUT2D eigenvalue weighted by molar-refractivity contribution is 5.86. The minimum absolute atomic E-state index is 0.162. The second-order valence-corrected chi connectivity index (χ2v) is 6.05. The number of carbonyl (C=O) groups excluding carboxylic acids is 1. The van der Waals surface area contributed by atoms with Crippen LogP contribution in [0.5, 0.6) is 0 Å². The monoisotopic (exact) mass is 282 g/mol. The number of benzene rings is 1. The maximum Gasteiger partial charge on any atom is 0.237 e. The van der Waals surface area contributed by atoms with Gasteiger partial charge in [0.25, 0.3) is 0 Å². The van der Waals surface area contributed by atoms with Gasteiger partial charge in [0.05, 0.1) is 5.92 Å². The van der Waals surface area contributed by atoms with E-state index in [0.717, 1.165) is 37.9 Å². The van der Waals surface area contributed by atoms with Gasteiger partial charge in [0.15, 0.2) is 5.82 Å². The molecule has 1 aromatic carbocycles. The summed E-state index contributed by atoms with van der Waals surface area (Å²) < 4.78 is 5.41. The Kier molecular flexibility index (Phi) is 3.09. The molecule has 4 rings (SSSR count). The van der Waals surface area contributed by atoms with Crippen molar-refractivity contribution in [2.75, 3.05) is 0 Å². The fraction of sp³-hybridized carbons (Fsp3) is 0.471. The molecule has 2 aliphatic rings. The van der Waals surface area contributed by atoms with Crippen molar-refractivity contribution in [1.29, 1.82) is 0 Å². The molecule has 0 spiro atoms. The first-order valence-corrected chi connectivity index (χ1v) is 7.77. The summed E-state index contributed by atoms with van der Waals surface area (Å²) in [4.78, 5) is 16.4. The second kappa shape index (κ2) is 5.10. The van der Waals surface area contributed by atoms with Crippen molar-refractivity contribution < 1.29 is 9.32 Å². The third-order valence-corrected chi connectivity index (χ3v) is 4.74. The third-order valence-electron chi connectivity index (χ3n) is 4.74. The van der Waals surface area contributed by atoms with Crippen LogP contribution in [0.15, 0.2) is 28.8 Å². The summed E-state index contributed by atoms with van der Waals surface area (Å²) >= 11 is 0. The Morgan fingerprint density at radius 1 is 1.05 bits per heavy atom. The fourth-order valence-electron chi connectivity index (χ4n) is 3.63. The van der Waals surface area contributed by atoms with Crippen LogP contribution < -0.4 is 0 Å². The van der Waals surface area contributed by atoms with E-state index in [-0.39, 0.29) is 17.6 Å². The van der Waals surface area contributed by atoms with Crippen molar-refractivity contribution >= 4 is 5.78 Å². The number of rotatable bonds is 2. The summed E-state index contributed by atoms with van der Waals surface area (Å²) in [6.45, 7) is 0. The number of hydrogen-bond acceptors (Lipinski definition) is 4. The number of carbonyl (C=O) groups is 1. The molecule has 1 fully saturated rings. The van der Waals surface area contributed by atoms with Crippen molar-refractivity contribution in [3.63, 3.8) is 0 Å². The van der Waals surface area contributed by atoms with Gasteiger partial charge >= 0.3 is 0 Å². The summed E-state index contributed by atoms with van der Waals surface area (Å²) in [5, 5.41) is 4.18. The zero-order valence-electron chi connectivity index (χ0n) is 11.9. The first-order valence-electron chi connectivity index (χ1n) is 7.77. The van der Waals surface area contributed by atoms with E-state index in [1.165, 1.54) is 11.1 Å². The molecule has 4 heteroatoms. The van der Waals surface area contributed by atoms with E-state index in [2.05, 4.69) is 34.4 Å². The lowest BCUT2D eigenvalue weighted by Crippen LogP contribution is -2.12. The molecule has 0 bridgehead atoms. The number of ketones is 1. The average molecular weight is 282 g/mol. The minimum atomic E-state index is -0.162. The van der Waals surface area contributed by atoms with E-state index < -0.39 is 0 Å². The molecule has 0 radical (unpaired) electrons. The first-order chi connectivity index (χ1) is 10.3. The van der Waals surface area contributed by atoms with Crippen molar-refractivity contribution in [1.82, 2.24) is 10.1 Å². The molecule has 2 unspecified atom stereocenters. The summed E-state index contributed by atoms with van der Waals surface area (Å²) in [6, 6.07) is 8.50. The van der Waals surface area contributed by atoms with Gasteiger partial charge in [0.2, 0.25) is 5.89 Å². The van der Waals surface area contributed by atoms with Gasteiger partial charge in [-0.25, -0.2) is 0 Å². The molecule has 2 atom stereocenters. The Morgan fingerprint density at radius 2 is 1.86 bits per heavy atom. The Hall–Kier alpha value is -1.97. The predicted octanol–water partition coefficient (Wildman–Crippen LogP) is 3.37. The van der Waals surface area contributed by atoms with Crippen LogP contribution in [0.25, 0.3) is 0 Å². The Bertz CT molecular complexity index is 677. The van der Waals surface area contributed by atoms with Crippen LogP contribution in [-0.4, -0.2) is 15.9 Å². The minimum Gasteiger partial charge on any atom is -0.339 e. The van der Waals surface area contributed by atoms with E-state index >= 15 is 0 Å². The zero-order chi connectivity index (χ0) is 14.2. The van der Waals surface area contributed by atoms with E-state index in [1.807, 2.05) is 0 Å². The lowest BCUT2D eigenvalue weighted by atomic mass is 9.82. The summed E-state index contributed by atoms with van der Waals surface area (Å²) in [6.07, 6.45) is 5.75. The SMILES string of the molecule is O=C1CCCC1c1nc(C2CCCc3ccccc32)no1. The molecule has 1 aromatic heterocycles. The maximum absolute atomic E-state index is 11.8. The van der Waals surface area contributed by atoms with Gasteiger partial charge in [-0.3, -0.25) is 4.79 Å². The number of aromatic nitrogens is 2.